The number of hydrogen-bond donors (Lipinski definition) is 2. The molecule has 2 aromatic rings. The highest BCUT2D eigenvalue weighted by atomic mass is 35.5. The molecule has 0 saturated heterocycles. The molecule has 0 radical (unpaired) electrons. The summed E-state index contributed by atoms with van der Waals surface area (Å²) in [5, 5.41) is 7.86. The van der Waals surface area contributed by atoms with Gasteiger partial charge >= 0.3 is 6.09 Å². The zero-order valence-corrected chi connectivity index (χ0v) is 23.0. The summed E-state index contributed by atoms with van der Waals surface area (Å²) in [6.45, 7) is 6.91. The number of carbonyl (C=O) groups excluding carboxylic acids is 1. The van der Waals surface area contributed by atoms with Crippen LogP contribution in [0.25, 0.3) is 16.7 Å². The molecule has 11 heteroatoms. The number of carbonyl (C=O) groups is 1. The van der Waals surface area contributed by atoms with Crippen molar-refractivity contribution in [2.45, 2.75) is 75.9 Å². The molecule has 2 fully saturated rings. The van der Waals surface area contributed by atoms with Crippen LogP contribution in [0.5, 0.6) is 0 Å². The van der Waals surface area contributed by atoms with E-state index in [2.05, 4.69) is 21.5 Å². The van der Waals surface area contributed by atoms with E-state index in [0.29, 0.717) is 54.0 Å². The molecule has 0 spiro atoms. The summed E-state index contributed by atoms with van der Waals surface area (Å²) < 4.78 is 23.8. The van der Waals surface area contributed by atoms with Gasteiger partial charge in [0.05, 0.1) is 11.9 Å². The third-order valence-electron chi connectivity index (χ3n) is 8.40. The minimum atomic E-state index is -1.63. The van der Waals surface area contributed by atoms with Gasteiger partial charge in [-0.1, -0.05) is 25.5 Å². The summed E-state index contributed by atoms with van der Waals surface area (Å²) in [7, 11) is 0. The van der Waals surface area contributed by atoms with E-state index >= 15 is 4.39 Å². The second-order valence-corrected chi connectivity index (χ2v) is 11.6. The first-order chi connectivity index (χ1) is 18.7. The van der Waals surface area contributed by atoms with Crippen LogP contribution in [-0.4, -0.2) is 49.6 Å². The van der Waals surface area contributed by atoms with Gasteiger partial charge in [0, 0.05) is 18.3 Å². The van der Waals surface area contributed by atoms with Crippen molar-refractivity contribution in [2.24, 2.45) is 28.5 Å². The number of nitrogens with one attached hydrogen (secondary N) is 1. The molecule has 39 heavy (non-hydrogen) atoms. The average Bonchev–Trinajstić information content (AvgIpc) is 3.29. The first kappa shape index (κ1) is 27.4. The fourth-order valence-corrected chi connectivity index (χ4v) is 6.38. The van der Waals surface area contributed by atoms with Crippen LogP contribution in [0.2, 0.25) is 0 Å². The molecule has 2 aromatic heterocycles. The summed E-state index contributed by atoms with van der Waals surface area (Å²) in [5.74, 6) is 0.192. The second kappa shape index (κ2) is 11.2. The Kier molecular flexibility index (Phi) is 7.84. The predicted octanol–water partition coefficient (Wildman–Crippen LogP) is 5.69. The third-order valence-corrected chi connectivity index (χ3v) is 8.66. The molecule has 2 saturated carbocycles. The van der Waals surface area contributed by atoms with E-state index in [9.17, 15) is 4.79 Å². The molecule has 3 unspecified atom stereocenters. The largest absolute Gasteiger partial charge is 0.411 e. The van der Waals surface area contributed by atoms with Crippen molar-refractivity contribution in [1.29, 1.82) is 5.41 Å². The molecular weight excluding hydrogens is 521 g/mol. The van der Waals surface area contributed by atoms with Gasteiger partial charge in [0.15, 0.2) is 11.3 Å². The number of hydrogen-bond acceptors (Lipinski definition) is 7. The van der Waals surface area contributed by atoms with Gasteiger partial charge in [-0.15, -0.1) is 18.2 Å². The number of amides is 1. The average molecular weight is 556 g/mol. The van der Waals surface area contributed by atoms with Gasteiger partial charge in [-0.2, -0.15) is 0 Å². The lowest BCUT2D eigenvalue weighted by atomic mass is 9.77. The Morgan fingerprint density at radius 2 is 2.05 bits per heavy atom. The fourth-order valence-electron chi connectivity index (χ4n) is 6.17. The molecule has 3 aliphatic rings. The predicted molar refractivity (Wildman–Crippen MR) is 150 cm³/mol. The minimum Gasteiger partial charge on any atom is -0.388 e. The van der Waals surface area contributed by atoms with Crippen LogP contribution < -0.4 is 5.73 Å². The van der Waals surface area contributed by atoms with Gasteiger partial charge in [0.1, 0.15) is 17.0 Å². The smallest absolute Gasteiger partial charge is 0.388 e. The number of aliphatic imine (C=N–C) groups is 1. The van der Waals surface area contributed by atoms with E-state index in [4.69, 9.17) is 32.5 Å². The van der Waals surface area contributed by atoms with Crippen LogP contribution in [0.3, 0.4) is 0 Å². The highest BCUT2D eigenvalue weighted by Gasteiger charge is 2.45. The van der Waals surface area contributed by atoms with Crippen molar-refractivity contribution < 1.29 is 13.9 Å². The molecule has 1 amide bonds. The monoisotopic (exact) mass is 555 g/mol. The molecule has 0 bridgehead atoms. The summed E-state index contributed by atoms with van der Waals surface area (Å²) in [5.41, 5.74) is 5.37. The number of aromatic nitrogens is 4. The Labute approximate surface area is 232 Å². The first-order valence-corrected chi connectivity index (χ1v) is 14.2. The van der Waals surface area contributed by atoms with E-state index in [1.807, 2.05) is 23.6 Å². The molecule has 0 aromatic carbocycles. The van der Waals surface area contributed by atoms with Crippen molar-refractivity contribution in [3.8, 4) is 0 Å². The Balaban J connectivity index is 1.71. The van der Waals surface area contributed by atoms with Gasteiger partial charge in [-0.05, 0) is 62.7 Å². The van der Waals surface area contributed by atoms with Crippen LogP contribution in [0.1, 0.15) is 75.6 Å². The lowest BCUT2D eigenvalue weighted by Crippen LogP contribution is -2.36. The van der Waals surface area contributed by atoms with Crippen molar-refractivity contribution in [2.75, 3.05) is 6.54 Å². The summed E-state index contributed by atoms with van der Waals surface area (Å²) in [6, 6.07) is 0. The van der Waals surface area contributed by atoms with Crippen LogP contribution in [-0.2, 0) is 17.0 Å². The van der Waals surface area contributed by atoms with Crippen LogP contribution in [0, 0.1) is 23.2 Å². The van der Waals surface area contributed by atoms with Gasteiger partial charge in [0.2, 0.25) is 5.82 Å². The molecule has 3 heterocycles. The highest BCUT2D eigenvalue weighted by molar-refractivity contribution is 6.25. The number of nitrogens with zero attached hydrogens (tertiary/aromatic N) is 5. The molecule has 9 nitrogen and oxygen atoms in total. The van der Waals surface area contributed by atoms with Crippen LogP contribution in [0.4, 0.5) is 9.18 Å². The lowest BCUT2D eigenvalue weighted by Gasteiger charge is -2.36. The number of alkyl halides is 2. The maximum absolute atomic E-state index is 17.0. The number of rotatable bonds is 6. The molecule has 208 valence electrons. The Hall–Kier alpha value is -3.14. The van der Waals surface area contributed by atoms with E-state index in [-0.39, 0.29) is 22.8 Å². The minimum absolute atomic E-state index is 0.172. The quantitative estimate of drug-likeness (QED) is 0.204. The maximum Gasteiger partial charge on any atom is 0.411 e. The number of dihydropyridines is 1. The number of allylic oxidation sites excluding steroid dienone is 2. The normalized spacial score (nSPS) is 29.2. The van der Waals surface area contributed by atoms with Gasteiger partial charge in [-0.3, -0.25) is 10.4 Å². The zero-order valence-electron chi connectivity index (χ0n) is 22.2. The number of fused-ring (bicyclic) bond motifs is 1. The second-order valence-electron chi connectivity index (χ2n) is 11.0. The molecular formula is C28H35ClFN7O2. The van der Waals surface area contributed by atoms with Gasteiger partial charge in [0.25, 0.3) is 5.90 Å². The topological polar surface area (TPSA) is 132 Å². The summed E-state index contributed by atoms with van der Waals surface area (Å²) in [6.07, 6.45) is 11.4. The Morgan fingerprint density at radius 1 is 1.28 bits per heavy atom. The first-order valence-electron chi connectivity index (χ1n) is 13.7. The molecule has 1 aliphatic heterocycles. The zero-order chi connectivity index (χ0) is 27.7. The SMILES string of the molecule is C=C[C@H]1CC[C@H](Cn2c(C3(F)CCCCC3C)nc3nc(C(=N)OC(N)=O)nc(C4=CC(Cl)CN=C4)c32)CC1. The molecule has 3 N–H and O–H groups in total. The van der Waals surface area contributed by atoms with E-state index in [0.717, 1.165) is 44.9 Å². The standard InChI is InChI=1S/C28H35ClFN7O2/c1-3-17-7-9-18(10-8-17)15-37-22-21(19-12-20(29)14-33-13-19)34-25(23(31)39-27(32)38)35-24(22)36-26(37)28(30)11-5-4-6-16(28)2/h3,12-13,16-18,20,31H,1,4-11,14-15H2,2H3,(H2,32,38)/t16?,17-,18-,20?,28?. The Bertz CT molecular complexity index is 1350. The van der Waals surface area contributed by atoms with Crippen molar-refractivity contribution in [1.82, 2.24) is 19.5 Å². The number of imidazole rings is 1. The van der Waals surface area contributed by atoms with Crippen LogP contribution in [0.15, 0.2) is 23.7 Å². The van der Waals surface area contributed by atoms with Crippen molar-refractivity contribution in [3.05, 3.63) is 36.1 Å². The van der Waals surface area contributed by atoms with E-state index < -0.39 is 17.7 Å². The van der Waals surface area contributed by atoms with Crippen LogP contribution >= 0.6 is 11.6 Å². The lowest BCUT2D eigenvalue weighted by molar-refractivity contribution is 0.0312. The number of nitrogens with two attached hydrogens (primary N) is 1. The number of primary amides is 1. The van der Waals surface area contributed by atoms with E-state index in [1.54, 1.807) is 6.21 Å². The summed E-state index contributed by atoms with van der Waals surface area (Å²) in [4.78, 5) is 29.6. The highest BCUT2D eigenvalue weighted by Crippen LogP contribution is 2.46. The molecule has 2 aliphatic carbocycles. The van der Waals surface area contributed by atoms with E-state index in [1.165, 1.54) is 0 Å². The Morgan fingerprint density at radius 3 is 2.72 bits per heavy atom. The fraction of sp³-hybridized carbons (Fsp3) is 0.571. The molecule has 3 atom stereocenters. The van der Waals surface area contributed by atoms with Gasteiger partial charge in [-0.25, -0.2) is 24.1 Å². The van der Waals surface area contributed by atoms with Gasteiger partial charge < -0.3 is 15.0 Å². The summed E-state index contributed by atoms with van der Waals surface area (Å²) >= 11 is 6.42. The third kappa shape index (κ3) is 5.48. The maximum atomic E-state index is 17.0. The van der Waals surface area contributed by atoms with Crippen molar-refractivity contribution >= 4 is 46.5 Å². The molecule has 5 rings (SSSR count). The van der Waals surface area contributed by atoms with Crippen molar-refractivity contribution in [3.63, 3.8) is 0 Å². The number of halogens is 2. The number of ether oxygens (including phenoxy) is 1.